The van der Waals surface area contributed by atoms with Crippen LogP contribution in [0.25, 0.3) is 0 Å². The van der Waals surface area contributed by atoms with Crippen molar-refractivity contribution < 1.29 is 13.9 Å². The molecule has 2 aromatic rings. The molecule has 0 radical (unpaired) electrons. The third-order valence-corrected chi connectivity index (χ3v) is 2.98. The fourth-order valence-electron chi connectivity index (χ4n) is 1.85. The van der Waals surface area contributed by atoms with Crippen LogP contribution in [0.4, 0.5) is 4.39 Å². The van der Waals surface area contributed by atoms with E-state index in [1.54, 1.807) is 36.4 Å². The van der Waals surface area contributed by atoms with Crippen molar-refractivity contribution in [3.63, 3.8) is 0 Å². The van der Waals surface area contributed by atoms with E-state index in [1.807, 2.05) is 6.07 Å². The minimum Gasteiger partial charge on any atom is -0.484 e. The highest BCUT2D eigenvalue weighted by molar-refractivity contribution is 5.77. The number of hydrogen-bond donors (Lipinski definition) is 1. The predicted molar refractivity (Wildman–Crippen MR) is 79.8 cm³/mol. The lowest BCUT2D eigenvalue weighted by molar-refractivity contribution is -0.123. The van der Waals surface area contributed by atoms with Crippen LogP contribution < -0.4 is 10.1 Å². The van der Waals surface area contributed by atoms with Gasteiger partial charge in [0.05, 0.1) is 11.6 Å². The highest BCUT2D eigenvalue weighted by Crippen LogP contribution is 2.12. The van der Waals surface area contributed by atoms with Gasteiger partial charge in [-0.2, -0.15) is 5.26 Å². The molecule has 1 N–H and O–H groups in total. The molecule has 0 aliphatic rings. The summed E-state index contributed by atoms with van der Waals surface area (Å²) in [5.74, 6) is -0.0435. The fraction of sp³-hybridized carbons (Fsp3) is 0.176. The molecule has 0 fully saturated rings. The molecule has 0 aromatic heterocycles. The number of hydrogen-bond acceptors (Lipinski definition) is 3. The summed E-state index contributed by atoms with van der Waals surface area (Å²) in [5.41, 5.74) is 1.43. The average molecular weight is 298 g/mol. The molecule has 2 aromatic carbocycles. The molecule has 0 saturated heterocycles. The average Bonchev–Trinajstić information content (AvgIpc) is 2.55. The molecule has 0 bridgehead atoms. The molecule has 0 saturated carbocycles. The first-order chi connectivity index (χ1) is 10.7. The van der Waals surface area contributed by atoms with Gasteiger partial charge in [-0.1, -0.05) is 18.2 Å². The topological polar surface area (TPSA) is 62.1 Å². The second-order valence-electron chi connectivity index (χ2n) is 4.65. The number of nitrogens with one attached hydrogen (secondary N) is 1. The van der Waals surface area contributed by atoms with Gasteiger partial charge < -0.3 is 10.1 Å². The Kier molecular flexibility index (Phi) is 5.50. The van der Waals surface area contributed by atoms with Crippen molar-refractivity contribution in [3.8, 4) is 11.8 Å². The maximum Gasteiger partial charge on any atom is 0.257 e. The summed E-state index contributed by atoms with van der Waals surface area (Å²) < 4.78 is 18.1. The molecule has 5 heteroatoms. The van der Waals surface area contributed by atoms with Crippen molar-refractivity contribution in [2.24, 2.45) is 0 Å². The number of nitrogens with zero attached hydrogens (tertiary/aromatic N) is 1. The Labute approximate surface area is 128 Å². The van der Waals surface area contributed by atoms with Crippen LogP contribution in [-0.4, -0.2) is 19.1 Å². The van der Waals surface area contributed by atoms with Gasteiger partial charge in [-0.05, 0) is 42.3 Å². The van der Waals surface area contributed by atoms with Gasteiger partial charge in [0.25, 0.3) is 5.91 Å². The van der Waals surface area contributed by atoms with E-state index in [2.05, 4.69) is 5.32 Å². The Hall–Kier alpha value is -2.87. The number of rotatable bonds is 6. The summed E-state index contributed by atoms with van der Waals surface area (Å²) in [6, 6.07) is 14.8. The van der Waals surface area contributed by atoms with Gasteiger partial charge in [0.15, 0.2) is 6.61 Å². The summed E-state index contributed by atoms with van der Waals surface area (Å²) in [6.07, 6.45) is 0.621. The SMILES string of the molecule is N#Cc1cccc(OCC(=O)NCCc2ccc(F)cc2)c1. The Morgan fingerprint density at radius 1 is 1.23 bits per heavy atom. The van der Waals surface area contributed by atoms with E-state index >= 15 is 0 Å². The normalized spacial score (nSPS) is 9.82. The molecule has 112 valence electrons. The zero-order valence-electron chi connectivity index (χ0n) is 11.9. The smallest absolute Gasteiger partial charge is 0.257 e. The zero-order valence-corrected chi connectivity index (χ0v) is 11.9. The number of ether oxygens (including phenoxy) is 1. The zero-order chi connectivity index (χ0) is 15.8. The summed E-state index contributed by atoms with van der Waals surface area (Å²) >= 11 is 0. The van der Waals surface area contributed by atoms with E-state index in [0.29, 0.717) is 24.3 Å². The maximum absolute atomic E-state index is 12.7. The molecule has 22 heavy (non-hydrogen) atoms. The molecule has 0 unspecified atom stereocenters. The molecule has 0 spiro atoms. The number of benzene rings is 2. The predicted octanol–water partition coefficient (Wildman–Crippen LogP) is 2.44. The third-order valence-electron chi connectivity index (χ3n) is 2.98. The molecule has 0 atom stereocenters. The van der Waals surface area contributed by atoms with Crippen molar-refractivity contribution >= 4 is 5.91 Å². The van der Waals surface area contributed by atoms with Crippen LogP contribution in [0, 0.1) is 17.1 Å². The van der Waals surface area contributed by atoms with Crippen LogP contribution >= 0.6 is 0 Å². The van der Waals surface area contributed by atoms with Gasteiger partial charge in [0, 0.05) is 6.54 Å². The van der Waals surface area contributed by atoms with E-state index in [4.69, 9.17) is 10.00 Å². The van der Waals surface area contributed by atoms with E-state index in [9.17, 15) is 9.18 Å². The van der Waals surface area contributed by atoms with Crippen molar-refractivity contribution in [1.82, 2.24) is 5.32 Å². The van der Waals surface area contributed by atoms with Crippen LogP contribution in [0.15, 0.2) is 48.5 Å². The summed E-state index contributed by atoms with van der Waals surface area (Å²) in [4.78, 5) is 11.7. The second kappa shape index (κ2) is 7.79. The number of amides is 1. The van der Waals surface area contributed by atoms with E-state index in [1.165, 1.54) is 12.1 Å². The van der Waals surface area contributed by atoms with Gasteiger partial charge in [-0.15, -0.1) is 0 Å². The van der Waals surface area contributed by atoms with Gasteiger partial charge in [0.1, 0.15) is 11.6 Å². The van der Waals surface area contributed by atoms with Crippen LogP contribution in [0.2, 0.25) is 0 Å². The Bertz CT molecular complexity index is 678. The lowest BCUT2D eigenvalue weighted by Crippen LogP contribution is -2.30. The van der Waals surface area contributed by atoms with Crippen molar-refractivity contribution in [1.29, 1.82) is 5.26 Å². The molecule has 4 nitrogen and oxygen atoms in total. The first-order valence-corrected chi connectivity index (χ1v) is 6.81. The molecule has 1 amide bonds. The highest BCUT2D eigenvalue weighted by Gasteiger charge is 2.03. The van der Waals surface area contributed by atoms with Gasteiger partial charge in [-0.3, -0.25) is 4.79 Å². The largest absolute Gasteiger partial charge is 0.484 e. The van der Waals surface area contributed by atoms with E-state index in [-0.39, 0.29) is 18.3 Å². The molecular weight excluding hydrogens is 283 g/mol. The molecule has 0 aliphatic carbocycles. The van der Waals surface area contributed by atoms with Crippen molar-refractivity contribution in [3.05, 3.63) is 65.5 Å². The number of halogens is 1. The highest BCUT2D eigenvalue weighted by atomic mass is 19.1. The standard InChI is InChI=1S/C17H15FN2O2/c18-15-6-4-13(5-7-15)8-9-20-17(21)12-22-16-3-1-2-14(10-16)11-19/h1-7,10H,8-9,12H2,(H,20,21). The van der Waals surface area contributed by atoms with Crippen LogP contribution in [0.1, 0.15) is 11.1 Å². The lowest BCUT2D eigenvalue weighted by Gasteiger charge is -2.07. The van der Waals surface area contributed by atoms with Gasteiger partial charge in [0.2, 0.25) is 0 Å². The molecule has 0 aliphatic heterocycles. The minimum atomic E-state index is -0.277. The number of carbonyl (C=O) groups is 1. The van der Waals surface area contributed by atoms with Crippen LogP contribution in [0.5, 0.6) is 5.75 Å². The minimum absolute atomic E-state index is 0.113. The van der Waals surface area contributed by atoms with Crippen molar-refractivity contribution in [2.45, 2.75) is 6.42 Å². The molecule has 0 heterocycles. The summed E-state index contributed by atoms with van der Waals surface area (Å²) in [6.45, 7) is 0.338. The van der Waals surface area contributed by atoms with Crippen LogP contribution in [-0.2, 0) is 11.2 Å². The fourth-order valence-corrected chi connectivity index (χ4v) is 1.85. The number of nitriles is 1. The maximum atomic E-state index is 12.7. The lowest BCUT2D eigenvalue weighted by atomic mass is 10.1. The quantitative estimate of drug-likeness (QED) is 0.891. The molecular formula is C17H15FN2O2. The Balaban J connectivity index is 1.71. The summed E-state index contributed by atoms with van der Waals surface area (Å²) in [5, 5.41) is 11.5. The van der Waals surface area contributed by atoms with Crippen molar-refractivity contribution in [2.75, 3.05) is 13.2 Å². The third kappa shape index (κ3) is 4.91. The first kappa shape index (κ1) is 15.5. The van der Waals surface area contributed by atoms with E-state index < -0.39 is 0 Å². The first-order valence-electron chi connectivity index (χ1n) is 6.81. The Morgan fingerprint density at radius 3 is 2.73 bits per heavy atom. The second-order valence-corrected chi connectivity index (χ2v) is 4.65. The van der Waals surface area contributed by atoms with Gasteiger partial charge >= 0.3 is 0 Å². The molecule has 2 rings (SSSR count). The summed E-state index contributed by atoms with van der Waals surface area (Å²) in [7, 11) is 0. The van der Waals surface area contributed by atoms with Crippen LogP contribution in [0.3, 0.4) is 0 Å². The number of carbonyl (C=O) groups excluding carboxylic acids is 1. The van der Waals surface area contributed by atoms with E-state index in [0.717, 1.165) is 5.56 Å². The Morgan fingerprint density at radius 2 is 2.00 bits per heavy atom. The monoisotopic (exact) mass is 298 g/mol. The van der Waals surface area contributed by atoms with Gasteiger partial charge in [-0.25, -0.2) is 4.39 Å².